The molecular formula is C21H36O2. The molecule has 0 rings (SSSR count). The Kier molecular flexibility index (Phi) is 15.0. The van der Waals surface area contributed by atoms with Crippen LogP contribution in [0.1, 0.15) is 59.8 Å². The Balaban J connectivity index is 3.77. The predicted molar refractivity (Wildman–Crippen MR) is 102 cm³/mol. The highest BCUT2D eigenvalue weighted by Gasteiger charge is 1.91. The lowest BCUT2D eigenvalue weighted by molar-refractivity contribution is 0.0853. The van der Waals surface area contributed by atoms with Crippen LogP contribution in [0.4, 0.5) is 0 Å². The van der Waals surface area contributed by atoms with Crippen molar-refractivity contribution in [1.29, 1.82) is 0 Å². The van der Waals surface area contributed by atoms with Crippen molar-refractivity contribution in [2.24, 2.45) is 0 Å². The van der Waals surface area contributed by atoms with Gasteiger partial charge in [-0.25, -0.2) is 0 Å². The fraction of sp³-hybridized carbons (Fsp3) is 0.619. The Morgan fingerprint density at radius 2 is 1.43 bits per heavy atom. The zero-order valence-electron chi connectivity index (χ0n) is 15.9. The second-order valence-corrected chi connectivity index (χ2v) is 6.23. The standard InChI is InChI=1S/C21H36O2/c1-19(2)11-9-13-21(4)15-10-14-20(3)12-7-6-8-16-23-18-17-22-5/h6,8,11-12,15H,7,9-10,13-14,16-18H2,1-5H3/b8-6?,20-12+,21-15+. The maximum Gasteiger partial charge on any atom is 0.0704 e. The molecule has 0 spiro atoms. The summed E-state index contributed by atoms with van der Waals surface area (Å²) in [5.41, 5.74) is 4.38. The fourth-order valence-electron chi connectivity index (χ4n) is 2.07. The quantitative estimate of drug-likeness (QED) is 0.305. The van der Waals surface area contributed by atoms with Gasteiger partial charge in [0, 0.05) is 7.11 Å². The first kappa shape index (κ1) is 21.9. The smallest absolute Gasteiger partial charge is 0.0704 e. The van der Waals surface area contributed by atoms with Gasteiger partial charge in [0.25, 0.3) is 0 Å². The molecular weight excluding hydrogens is 284 g/mol. The molecule has 0 fully saturated rings. The Labute approximate surface area is 144 Å². The van der Waals surface area contributed by atoms with Crippen LogP contribution in [0.15, 0.2) is 47.1 Å². The molecule has 0 amide bonds. The second kappa shape index (κ2) is 15.8. The van der Waals surface area contributed by atoms with Gasteiger partial charge in [-0.3, -0.25) is 0 Å². The highest BCUT2D eigenvalue weighted by atomic mass is 16.5. The highest BCUT2D eigenvalue weighted by molar-refractivity contribution is 5.06. The van der Waals surface area contributed by atoms with Crippen LogP contribution in [0.5, 0.6) is 0 Å². The van der Waals surface area contributed by atoms with Gasteiger partial charge in [-0.1, -0.05) is 47.1 Å². The Morgan fingerprint density at radius 1 is 0.783 bits per heavy atom. The van der Waals surface area contributed by atoms with E-state index >= 15 is 0 Å². The molecule has 0 aliphatic rings. The van der Waals surface area contributed by atoms with Crippen molar-refractivity contribution < 1.29 is 9.47 Å². The molecule has 0 aliphatic carbocycles. The summed E-state index contributed by atoms with van der Waals surface area (Å²) in [6.45, 7) is 10.8. The van der Waals surface area contributed by atoms with E-state index in [-0.39, 0.29) is 0 Å². The third-order valence-corrected chi connectivity index (χ3v) is 3.54. The molecule has 0 atom stereocenters. The average Bonchev–Trinajstić information content (AvgIpc) is 2.49. The maximum absolute atomic E-state index is 5.37. The zero-order chi connectivity index (χ0) is 17.3. The third kappa shape index (κ3) is 17.1. The van der Waals surface area contributed by atoms with E-state index in [1.165, 1.54) is 23.1 Å². The highest BCUT2D eigenvalue weighted by Crippen LogP contribution is 2.11. The molecule has 0 saturated heterocycles. The van der Waals surface area contributed by atoms with Crippen LogP contribution < -0.4 is 0 Å². The lowest BCUT2D eigenvalue weighted by Crippen LogP contribution is -2.01. The van der Waals surface area contributed by atoms with E-state index in [2.05, 4.69) is 58.1 Å². The largest absolute Gasteiger partial charge is 0.382 e. The predicted octanol–water partition coefficient (Wildman–Crippen LogP) is 6.01. The Hall–Kier alpha value is -1.12. The van der Waals surface area contributed by atoms with Gasteiger partial charge in [0.15, 0.2) is 0 Å². The number of methoxy groups -OCH3 is 1. The molecule has 0 saturated carbocycles. The first-order chi connectivity index (χ1) is 11.1. The fourth-order valence-corrected chi connectivity index (χ4v) is 2.07. The molecule has 0 aromatic carbocycles. The van der Waals surface area contributed by atoms with Crippen LogP contribution in [0.25, 0.3) is 0 Å². The summed E-state index contributed by atoms with van der Waals surface area (Å²) in [6.07, 6.45) is 16.9. The third-order valence-electron chi connectivity index (χ3n) is 3.54. The molecule has 0 aliphatic heterocycles. The summed E-state index contributed by atoms with van der Waals surface area (Å²) in [6, 6.07) is 0. The lowest BCUT2D eigenvalue weighted by atomic mass is 10.1. The van der Waals surface area contributed by atoms with Gasteiger partial charge in [-0.15, -0.1) is 0 Å². The van der Waals surface area contributed by atoms with Gasteiger partial charge in [0.1, 0.15) is 0 Å². The lowest BCUT2D eigenvalue weighted by Gasteiger charge is -2.01. The molecule has 132 valence electrons. The van der Waals surface area contributed by atoms with Crippen LogP contribution in [0.2, 0.25) is 0 Å². The monoisotopic (exact) mass is 320 g/mol. The molecule has 0 aromatic heterocycles. The van der Waals surface area contributed by atoms with E-state index in [4.69, 9.17) is 9.47 Å². The van der Waals surface area contributed by atoms with Crippen molar-refractivity contribution >= 4 is 0 Å². The van der Waals surface area contributed by atoms with E-state index in [0.29, 0.717) is 19.8 Å². The number of hydrogen-bond donors (Lipinski definition) is 0. The maximum atomic E-state index is 5.37. The van der Waals surface area contributed by atoms with Crippen molar-refractivity contribution in [3.8, 4) is 0 Å². The molecule has 0 bridgehead atoms. The average molecular weight is 321 g/mol. The number of rotatable bonds is 13. The minimum absolute atomic E-state index is 0.661. The van der Waals surface area contributed by atoms with Crippen molar-refractivity contribution in [3.63, 3.8) is 0 Å². The number of ether oxygens (including phenoxy) is 2. The first-order valence-corrected chi connectivity index (χ1v) is 8.72. The molecule has 23 heavy (non-hydrogen) atoms. The minimum atomic E-state index is 0.661. The molecule has 0 aromatic rings. The first-order valence-electron chi connectivity index (χ1n) is 8.72. The summed E-state index contributed by atoms with van der Waals surface area (Å²) in [5, 5.41) is 0. The van der Waals surface area contributed by atoms with Crippen molar-refractivity contribution in [3.05, 3.63) is 47.1 Å². The van der Waals surface area contributed by atoms with E-state index in [1.54, 1.807) is 7.11 Å². The van der Waals surface area contributed by atoms with Gasteiger partial charge >= 0.3 is 0 Å². The van der Waals surface area contributed by atoms with E-state index < -0.39 is 0 Å². The summed E-state index contributed by atoms with van der Waals surface area (Å²) < 4.78 is 10.3. The summed E-state index contributed by atoms with van der Waals surface area (Å²) >= 11 is 0. The van der Waals surface area contributed by atoms with Crippen LogP contribution in [0, 0.1) is 0 Å². The van der Waals surface area contributed by atoms with Gasteiger partial charge in [-0.05, 0) is 59.8 Å². The molecule has 0 N–H and O–H groups in total. The number of allylic oxidation sites excluding steroid dienone is 7. The van der Waals surface area contributed by atoms with Crippen molar-refractivity contribution in [1.82, 2.24) is 0 Å². The Bertz CT molecular complexity index is 396. The second-order valence-electron chi connectivity index (χ2n) is 6.23. The van der Waals surface area contributed by atoms with Crippen LogP contribution in [-0.4, -0.2) is 26.9 Å². The van der Waals surface area contributed by atoms with Crippen LogP contribution >= 0.6 is 0 Å². The van der Waals surface area contributed by atoms with Gasteiger partial charge in [0.2, 0.25) is 0 Å². The van der Waals surface area contributed by atoms with Gasteiger partial charge in [0.05, 0.1) is 19.8 Å². The summed E-state index contributed by atoms with van der Waals surface area (Å²) in [5.74, 6) is 0. The minimum Gasteiger partial charge on any atom is -0.382 e. The molecule has 0 radical (unpaired) electrons. The van der Waals surface area contributed by atoms with Crippen LogP contribution in [-0.2, 0) is 9.47 Å². The van der Waals surface area contributed by atoms with Crippen molar-refractivity contribution in [2.75, 3.05) is 26.9 Å². The normalized spacial score (nSPS) is 12.9. The summed E-state index contributed by atoms with van der Waals surface area (Å²) in [7, 11) is 1.69. The molecule has 0 unspecified atom stereocenters. The van der Waals surface area contributed by atoms with E-state index in [1.807, 2.05) is 0 Å². The topological polar surface area (TPSA) is 18.5 Å². The Morgan fingerprint density at radius 3 is 2.09 bits per heavy atom. The zero-order valence-corrected chi connectivity index (χ0v) is 15.9. The summed E-state index contributed by atoms with van der Waals surface area (Å²) in [4.78, 5) is 0. The molecule has 0 heterocycles. The molecule has 2 heteroatoms. The molecule has 2 nitrogen and oxygen atoms in total. The van der Waals surface area contributed by atoms with E-state index in [9.17, 15) is 0 Å². The number of hydrogen-bond acceptors (Lipinski definition) is 2. The van der Waals surface area contributed by atoms with E-state index in [0.717, 1.165) is 25.7 Å². The van der Waals surface area contributed by atoms with Gasteiger partial charge in [-0.2, -0.15) is 0 Å². The van der Waals surface area contributed by atoms with Crippen LogP contribution in [0.3, 0.4) is 0 Å². The van der Waals surface area contributed by atoms with Gasteiger partial charge < -0.3 is 9.47 Å². The SMILES string of the molecule is COCCOCC=CC/C=C(\C)CC/C=C(\C)CCC=C(C)C. The van der Waals surface area contributed by atoms with Crippen molar-refractivity contribution in [2.45, 2.75) is 59.8 Å².